The van der Waals surface area contributed by atoms with Crippen LogP contribution in [-0.2, 0) is 40.1 Å². The van der Waals surface area contributed by atoms with Crippen LogP contribution in [0.1, 0.15) is 16.7 Å². The lowest BCUT2D eigenvalue weighted by Gasteiger charge is -2.26. The number of Topliss-reactive ketones (excluding diaryl/α,β-unsaturated/α-hetero) is 1. The number of carbonyl (C=O) groups is 1. The van der Waals surface area contributed by atoms with E-state index in [1.165, 1.54) is 24.3 Å². The van der Waals surface area contributed by atoms with Gasteiger partial charge in [0.2, 0.25) is 17.4 Å². The molecule has 1 atom stereocenters. The van der Waals surface area contributed by atoms with Gasteiger partial charge in [0.05, 0.1) is 25.8 Å². The normalized spacial score (nSPS) is 19.9. The molecule has 0 aromatic heterocycles. The van der Waals surface area contributed by atoms with Crippen LogP contribution in [0.25, 0.3) is 0 Å². The van der Waals surface area contributed by atoms with Crippen LogP contribution in [0.3, 0.4) is 0 Å². The topological polar surface area (TPSA) is 95.7 Å². The van der Waals surface area contributed by atoms with Crippen molar-refractivity contribution in [3.63, 3.8) is 0 Å². The molecule has 0 saturated heterocycles. The van der Waals surface area contributed by atoms with Crippen molar-refractivity contribution >= 4 is 39.4 Å². The molecule has 1 aliphatic rings. The summed E-state index contributed by atoms with van der Waals surface area (Å²) >= 11 is 0. The molecule has 1 unspecified atom stereocenters. The molecule has 0 spiro atoms. The highest BCUT2D eigenvalue weighted by Gasteiger charge is 2.50. The fraction of sp³-hybridized carbons (Fsp3) is 0.167. The van der Waals surface area contributed by atoms with Crippen LogP contribution in [0, 0.1) is 0 Å². The zero-order valence-electron chi connectivity index (χ0n) is 15.6. The van der Waals surface area contributed by atoms with Gasteiger partial charge in [-0.1, -0.05) is 42.5 Å². The molecule has 0 aliphatic carbocycles. The van der Waals surface area contributed by atoms with Crippen molar-refractivity contribution in [2.24, 2.45) is 5.73 Å². The summed E-state index contributed by atoms with van der Waals surface area (Å²) in [5, 5.41) is 0. The molecule has 0 bridgehead atoms. The van der Waals surface area contributed by atoms with Gasteiger partial charge in [0.15, 0.2) is 5.50 Å². The number of carbonyl (C=O) groups excluding carboxylic acids is 1. The SMILES string of the molecule is [B]C1(c2ccc(C(F)(F)F)cc2)OC(N)=C(OS(=O)(=O)C([B])([B])c2ccccc2)C1=O. The summed E-state index contributed by atoms with van der Waals surface area (Å²) in [6, 6.07) is 10.3. The summed E-state index contributed by atoms with van der Waals surface area (Å²) in [7, 11) is 12.4. The number of hydrogen-bond acceptors (Lipinski definition) is 6. The molecule has 0 saturated carbocycles. The summed E-state index contributed by atoms with van der Waals surface area (Å²) in [4.78, 5) is 12.8. The third-order valence-electron chi connectivity index (χ3n) is 4.51. The van der Waals surface area contributed by atoms with Gasteiger partial charge >= 0.3 is 16.3 Å². The lowest BCUT2D eigenvalue weighted by Crippen LogP contribution is -2.40. The lowest BCUT2D eigenvalue weighted by atomic mass is 9.65. The third kappa shape index (κ3) is 3.94. The quantitative estimate of drug-likeness (QED) is 0.553. The zero-order chi connectivity index (χ0) is 23.2. The molecule has 2 N–H and O–H groups in total. The second kappa shape index (κ2) is 7.40. The van der Waals surface area contributed by atoms with E-state index in [0.29, 0.717) is 12.1 Å². The Hall–Kier alpha value is -2.82. The first-order valence-corrected chi connectivity index (χ1v) is 9.88. The predicted octanol–water partition coefficient (Wildman–Crippen LogP) is 1.25. The van der Waals surface area contributed by atoms with E-state index in [-0.39, 0.29) is 11.1 Å². The molecule has 31 heavy (non-hydrogen) atoms. The number of rotatable bonds is 5. The average Bonchev–Trinajstić information content (AvgIpc) is 2.91. The maximum absolute atomic E-state index is 12.8. The van der Waals surface area contributed by atoms with Crippen molar-refractivity contribution in [3.05, 3.63) is 82.9 Å². The van der Waals surface area contributed by atoms with E-state index in [0.717, 1.165) is 12.1 Å². The molecule has 13 heteroatoms. The average molecular weight is 443 g/mol. The van der Waals surface area contributed by atoms with E-state index in [1.54, 1.807) is 6.07 Å². The number of halogens is 3. The largest absolute Gasteiger partial charge is 0.467 e. The molecular formula is C18H11B3F3NO5S. The Morgan fingerprint density at radius 1 is 0.968 bits per heavy atom. The van der Waals surface area contributed by atoms with Crippen molar-refractivity contribution in [1.82, 2.24) is 0 Å². The molecule has 0 amide bonds. The minimum Gasteiger partial charge on any atom is -0.467 e. The highest BCUT2D eigenvalue weighted by Crippen LogP contribution is 2.39. The lowest BCUT2D eigenvalue weighted by molar-refractivity contribution is -0.137. The molecule has 154 valence electrons. The van der Waals surface area contributed by atoms with E-state index in [4.69, 9.17) is 38.2 Å². The first-order valence-electron chi connectivity index (χ1n) is 8.47. The fourth-order valence-electron chi connectivity index (χ4n) is 2.74. The fourth-order valence-corrected chi connectivity index (χ4v) is 3.68. The van der Waals surface area contributed by atoms with Crippen LogP contribution < -0.4 is 5.73 Å². The maximum Gasteiger partial charge on any atom is 0.416 e. The summed E-state index contributed by atoms with van der Waals surface area (Å²) < 4.78 is 70.9. The van der Waals surface area contributed by atoms with Crippen molar-refractivity contribution in [3.8, 4) is 0 Å². The van der Waals surface area contributed by atoms with Gasteiger partial charge in [0, 0.05) is 0 Å². The highest BCUT2D eigenvalue weighted by molar-refractivity contribution is 7.90. The smallest absolute Gasteiger partial charge is 0.416 e. The summed E-state index contributed by atoms with van der Waals surface area (Å²) in [5.74, 6) is -3.06. The number of alkyl halides is 3. The third-order valence-corrected chi connectivity index (χ3v) is 5.96. The summed E-state index contributed by atoms with van der Waals surface area (Å²) in [5.41, 5.74) is 1.88. The summed E-state index contributed by atoms with van der Waals surface area (Å²) in [6.45, 7) is 0. The van der Waals surface area contributed by atoms with Gasteiger partial charge < -0.3 is 14.7 Å². The molecule has 1 aliphatic heterocycles. The van der Waals surface area contributed by atoms with E-state index >= 15 is 0 Å². The molecule has 2 aromatic carbocycles. The van der Waals surface area contributed by atoms with Crippen LogP contribution in [0.5, 0.6) is 0 Å². The van der Waals surface area contributed by atoms with Crippen molar-refractivity contribution in [1.29, 1.82) is 0 Å². The van der Waals surface area contributed by atoms with Gasteiger partial charge in [0.1, 0.15) is 7.85 Å². The van der Waals surface area contributed by atoms with Gasteiger partial charge in [-0.2, -0.15) is 21.6 Å². The highest BCUT2D eigenvalue weighted by atomic mass is 32.2. The number of ketones is 1. The molecule has 6 nitrogen and oxygen atoms in total. The Bertz CT molecular complexity index is 1150. The van der Waals surface area contributed by atoms with Crippen LogP contribution >= 0.6 is 0 Å². The molecule has 2 aromatic rings. The van der Waals surface area contributed by atoms with Crippen LogP contribution in [0.4, 0.5) is 13.2 Å². The van der Waals surface area contributed by atoms with Crippen LogP contribution in [0.15, 0.2) is 66.2 Å². The van der Waals surface area contributed by atoms with Gasteiger partial charge in [0.25, 0.3) is 0 Å². The Balaban J connectivity index is 1.91. The van der Waals surface area contributed by atoms with Crippen LogP contribution in [0.2, 0.25) is 0 Å². The molecular weight excluding hydrogens is 432 g/mol. The van der Waals surface area contributed by atoms with E-state index in [9.17, 15) is 26.4 Å². The predicted molar refractivity (Wildman–Crippen MR) is 106 cm³/mol. The Morgan fingerprint density at radius 3 is 2.03 bits per heavy atom. The maximum atomic E-state index is 12.8. The molecule has 1 heterocycles. The first-order chi connectivity index (χ1) is 14.2. The number of nitrogens with two attached hydrogens (primary N) is 1. The second-order valence-corrected chi connectivity index (χ2v) is 8.38. The Kier molecular flexibility index (Phi) is 5.46. The standard InChI is InChI=1S/C18H11B3F3NO5S/c19-16(10-6-8-12(9-7-10)18(22,23)24)14(26)13(15(25)29-16)30-31(27,28)17(20,21)11-4-2-1-3-5-11/h1-9H,25H2. The molecule has 6 radical (unpaired) electrons. The Labute approximate surface area is 179 Å². The van der Waals surface area contributed by atoms with Crippen molar-refractivity contribution in [2.45, 2.75) is 16.2 Å². The van der Waals surface area contributed by atoms with E-state index < -0.39 is 49.3 Å². The van der Waals surface area contributed by atoms with Crippen molar-refractivity contribution < 1.29 is 35.3 Å². The van der Waals surface area contributed by atoms with E-state index in [1.807, 2.05) is 0 Å². The number of ether oxygens (including phenoxy) is 1. The number of hydrogen-bond donors (Lipinski definition) is 1. The second-order valence-electron chi connectivity index (χ2n) is 6.63. The van der Waals surface area contributed by atoms with E-state index in [2.05, 4.69) is 0 Å². The van der Waals surface area contributed by atoms with Gasteiger partial charge in [-0.3, -0.25) is 4.79 Å². The van der Waals surface area contributed by atoms with Gasteiger partial charge in [-0.05, 0) is 23.3 Å². The molecule has 3 rings (SSSR count). The monoisotopic (exact) mass is 443 g/mol. The first kappa shape index (κ1) is 22.9. The molecule has 0 fully saturated rings. The Morgan fingerprint density at radius 2 is 1.52 bits per heavy atom. The number of benzene rings is 2. The van der Waals surface area contributed by atoms with Gasteiger partial charge in [-0.15, -0.1) is 0 Å². The summed E-state index contributed by atoms with van der Waals surface area (Å²) in [6.07, 6.45) is -4.62. The van der Waals surface area contributed by atoms with Crippen LogP contribution in [-0.4, -0.2) is 37.7 Å². The zero-order valence-corrected chi connectivity index (χ0v) is 16.4. The minimum atomic E-state index is -4.91. The minimum absolute atomic E-state index is 0.0534. The van der Waals surface area contributed by atoms with Crippen molar-refractivity contribution in [2.75, 3.05) is 0 Å². The van der Waals surface area contributed by atoms with Gasteiger partial charge in [-0.25, -0.2) is 0 Å².